The molecule has 1 heteroatoms. The van der Waals surface area contributed by atoms with Gasteiger partial charge < -0.3 is 5.32 Å². The van der Waals surface area contributed by atoms with Crippen molar-refractivity contribution in [3.63, 3.8) is 0 Å². The Hall–Kier alpha value is -0.300. The van der Waals surface area contributed by atoms with Gasteiger partial charge >= 0.3 is 0 Å². The quantitative estimate of drug-likeness (QED) is 0.713. The maximum absolute atomic E-state index is 3.86. The van der Waals surface area contributed by atoms with Crippen LogP contribution in [0.4, 0.5) is 0 Å². The number of rotatable bonds is 4. The second-order valence-corrected chi connectivity index (χ2v) is 7.32. The molecule has 0 aromatic carbocycles. The van der Waals surface area contributed by atoms with Crippen molar-refractivity contribution in [2.24, 2.45) is 11.3 Å². The molecule has 2 atom stereocenters. The molecule has 0 bridgehead atoms. The number of allylic oxidation sites excluding steroid dienone is 1. The second kappa shape index (κ2) is 6.23. The van der Waals surface area contributed by atoms with E-state index < -0.39 is 0 Å². The summed E-state index contributed by atoms with van der Waals surface area (Å²) < 4.78 is 0. The molecule has 104 valence electrons. The molecule has 1 saturated carbocycles. The lowest BCUT2D eigenvalue weighted by atomic mass is 9.69. The van der Waals surface area contributed by atoms with Crippen molar-refractivity contribution >= 4 is 0 Å². The minimum Gasteiger partial charge on any atom is -0.313 e. The Morgan fingerprint density at radius 1 is 1.17 bits per heavy atom. The maximum atomic E-state index is 3.86. The lowest BCUT2D eigenvalue weighted by Crippen LogP contribution is -2.44. The average molecular weight is 249 g/mol. The fourth-order valence-electron chi connectivity index (χ4n) is 3.79. The van der Waals surface area contributed by atoms with Crippen LogP contribution in [0.25, 0.3) is 0 Å². The largest absolute Gasteiger partial charge is 0.313 e. The normalized spacial score (nSPS) is 29.4. The van der Waals surface area contributed by atoms with Gasteiger partial charge in [-0.1, -0.05) is 45.3 Å². The van der Waals surface area contributed by atoms with Crippen LogP contribution in [-0.4, -0.2) is 12.6 Å². The lowest BCUT2D eigenvalue weighted by molar-refractivity contribution is 0.131. The Morgan fingerprint density at radius 2 is 1.94 bits per heavy atom. The highest BCUT2D eigenvalue weighted by Gasteiger charge is 2.33. The highest BCUT2D eigenvalue weighted by molar-refractivity contribution is 5.07. The van der Waals surface area contributed by atoms with Crippen molar-refractivity contribution < 1.29 is 0 Å². The molecule has 2 unspecified atom stereocenters. The highest BCUT2D eigenvalue weighted by atomic mass is 14.9. The van der Waals surface area contributed by atoms with E-state index in [-0.39, 0.29) is 0 Å². The van der Waals surface area contributed by atoms with E-state index in [1.165, 1.54) is 57.9 Å². The van der Waals surface area contributed by atoms with E-state index in [1.807, 2.05) is 0 Å². The lowest BCUT2D eigenvalue weighted by Gasteiger charge is -2.41. The first-order valence-electron chi connectivity index (χ1n) is 7.98. The van der Waals surface area contributed by atoms with Crippen molar-refractivity contribution in [3.8, 4) is 0 Å². The van der Waals surface area contributed by atoms with E-state index in [9.17, 15) is 0 Å². The molecule has 0 heterocycles. The summed E-state index contributed by atoms with van der Waals surface area (Å²) in [4.78, 5) is 0. The Labute approximate surface area is 113 Å². The SMILES string of the molecule is CC(C)(C)C1CCCCC1NCCC1=CCCC1. The summed E-state index contributed by atoms with van der Waals surface area (Å²) in [6.07, 6.45) is 13.5. The van der Waals surface area contributed by atoms with Crippen LogP contribution in [0.5, 0.6) is 0 Å². The first-order chi connectivity index (χ1) is 8.57. The van der Waals surface area contributed by atoms with E-state index in [0.717, 1.165) is 12.0 Å². The molecule has 18 heavy (non-hydrogen) atoms. The highest BCUT2D eigenvalue weighted by Crippen LogP contribution is 2.38. The molecule has 0 aromatic rings. The molecule has 1 fully saturated rings. The predicted octanol–water partition coefficient (Wildman–Crippen LogP) is 4.68. The third-order valence-electron chi connectivity index (χ3n) is 4.87. The van der Waals surface area contributed by atoms with E-state index >= 15 is 0 Å². The van der Waals surface area contributed by atoms with Crippen molar-refractivity contribution in [3.05, 3.63) is 11.6 Å². The van der Waals surface area contributed by atoms with Crippen molar-refractivity contribution in [1.82, 2.24) is 5.32 Å². The van der Waals surface area contributed by atoms with Gasteiger partial charge in [0, 0.05) is 6.04 Å². The Balaban J connectivity index is 1.78. The zero-order chi connectivity index (χ0) is 13.0. The van der Waals surface area contributed by atoms with Crippen molar-refractivity contribution in [2.75, 3.05) is 6.54 Å². The van der Waals surface area contributed by atoms with Gasteiger partial charge in [-0.05, 0) is 56.4 Å². The summed E-state index contributed by atoms with van der Waals surface area (Å²) in [6.45, 7) is 8.44. The Bertz CT molecular complexity index is 284. The summed E-state index contributed by atoms with van der Waals surface area (Å²) in [7, 11) is 0. The van der Waals surface area contributed by atoms with Crippen molar-refractivity contribution in [2.45, 2.75) is 78.2 Å². The Morgan fingerprint density at radius 3 is 2.61 bits per heavy atom. The molecule has 0 saturated heterocycles. The summed E-state index contributed by atoms with van der Waals surface area (Å²) >= 11 is 0. The molecule has 0 aromatic heterocycles. The number of hydrogen-bond donors (Lipinski definition) is 1. The van der Waals surface area contributed by atoms with Gasteiger partial charge in [0.1, 0.15) is 0 Å². The van der Waals surface area contributed by atoms with Gasteiger partial charge in [-0.2, -0.15) is 0 Å². The van der Waals surface area contributed by atoms with E-state index in [2.05, 4.69) is 32.2 Å². The van der Waals surface area contributed by atoms with Crippen molar-refractivity contribution in [1.29, 1.82) is 0 Å². The van der Waals surface area contributed by atoms with Crippen LogP contribution in [0.2, 0.25) is 0 Å². The first-order valence-corrected chi connectivity index (χ1v) is 7.98. The number of hydrogen-bond acceptors (Lipinski definition) is 1. The fourth-order valence-corrected chi connectivity index (χ4v) is 3.79. The van der Waals surface area contributed by atoms with E-state index in [1.54, 1.807) is 5.57 Å². The second-order valence-electron chi connectivity index (χ2n) is 7.32. The standard InChI is InChI=1S/C17H31N/c1-17(2,3)15-10-6-7-11-16(15)18-13-12-14-8-4-5-9-14/h8,15-16,18H,4-7,9-13H2,1-3H3. The van der Waals surface area contributed by atoms with Crippen LogP contribution >= 0.6 is 0 Å². The van der Waals surface area contributed by atoms with Gasteiger partial charge in [0.05, 0.1) is 0 Å². The van der Waals surface area contributed by atoms with Gasteiger partial charge in [0.2, 0.25) is 0 Å². The van der Waals surface area contributed by atoms with Gasteiger partial charge in [-0.15, -0.1) is 0 Å². The van der Waals surface area contributed by atoms with Crippen LogP contribution < -0.4 is 5.32 Å². The minimum absolute atomic E-state index is 0.463. The Kier molecular flexibility index (Phi) is 4.89. The third-order valence-corrected chi connectivity index (χ3v) is 4.87. The predicted molar refractivity (Wildman–Crippen MR) is 79.8 cm³/mol. The van der Waals surface area contributed by atoms with Gasteiger partial charge in [0.15, 0.2) is 0 Å². The smallest absolute Gasteiger partial charge is 0.0100 e. The molecule has 1 N–H and O–H groups in total. The van der Waals surface area contributed by atoms with E-state index in [0.29, 0.717) is 5.41 Å². The molecule has 0 aliphatic heterocycles. The zero-order valence-corrected chi connectivity index (χ0v) is 12.6. The summed E-state index contributed by atoms with van der Waals surface area (Å²) in [5.41, 5.74) is 2.16. The molecular formula is C17H31N. The molecule has 2 rings (SSSR count). The average Bonchev–Trinajstić information content (AvgIpc) is 2.81. The maximum Gasteiger partial charge on any atom is 0.0100 e. The van der Waals surface area contributed by atoms with Gasteiger partial charge in [0.25, 0.3) is 0 Å². The van der Waals surface area contributed by atoms with Crippen LogP contribution in [0.3, 0.4) is 0 Å². The fraction of sp³-hybridized carbons (Fsp3) is 0.882. The summed E-state index contributed by atoms with van der Waals surface area (Å²) in [6, 6.07) is 0.765. The monoisotopic (exact) mass is 249 g/mol. The zero-order valence-electron chi connectivity index (χ0n) is 12.6. The molecule has 0 amide bonds. The molecule has 2 aliphatic rings. The van der Waals surface area contributed by atoms with Crippen LogP contribution in [0, 0.1) is 11.3 Å². The molecule has 0 radical (unpaired) electrons. The summed E-state index contributed by atoms with van der Waals surface area (Å²) in [5.74, 6) is 0.865. The molecular weight excluding hydrogens is 218 g/mol. The number of nitrogens with one attached hydrogen (secondary N) is 1. The topological polar surface area (TPSA) is 12.0 Å². The van der Waals surface area contributed by atoms with Gasteiger partial charge in [-0.3, -0.25) is 0 Å². The van der Waals surface area contributed by atoms with Crippen LogP contribution in [-0.2, 0) is 0 Å². The first kappa shape index (κ1) is 14.1. The minimum atomic E-state index is 0.463. The molecule has 1 nitrogen and oxygen atoms in total. The van der Waals surface area contributed by atoms with E-state index in [4.69, 9.17) is 0 Å². The van der Waals surface area contributed by atoms with Crippen LogP contribution in [0.1, 0.15) is 72.1 Å². The van der Waals surface area contributed by atoms with Gasteiger partial charge in [-0.25, -0.2) is 0 Å². The third kappa shape index (κ3) is 3.85. The summed E-state index contributed by atoms with van der Waals surface area (Å²) in [5, 5.41) is 3.86. The molecule has 0 spiro atoms. The van der Waals surface area contributed by atoms with Crippen LogP contribution in [0.15, 0.2) is 11.6 Å². The molecule has 2 aliphatic carbocycles.